The quantitative estimate of drug-likeness (QED) is 0.380. The molecule has 3 aromatic rings. The van der Waals surface area contributed by atoms with Gasteiger partial charge in [0.05, 0.1) is 0 Å². The Labute approximate surface area is 146 Å². The van der Waals surface area contributed by atoms with Crippen molar-refractivity contribution in [2.45, 2.75) is 0 Å². The van der Waals surface area contributed by atoms with Crippen molar-refractivity contribution in [1.29, 1.82) is 0 Å². The molecule has 0 atom stereocenters. The smallest absolute Gasteiger partial charge is 0.0215 e. The lowest BCUT2D eigenvalue weighted by atomic mass is 10.0. The van der Waals surface area contributed by atoms with Crippen LogP contribution >= 0.6 is 45.2 Å². The average Bonchev–Trinajstić information content (AvgIpc) is 2.51. The van der Waals surface area contributed by atoms with Crippen LogP contribution in [0.25, 0.3) is 22.3 Å². The van der Waals surface area contributed by atoms with Gasteiger partial charge >= 0.3 is 0 Å². The van der Waals surface area contributed by atoms with Crippen LogP contribution in [0.3, 0.4) is 0 Å². The second-order valence-electron chi connectivity index (χ2n) is 4.54. The van der Waals surface area contributed by atoms with E-state index in [1.807, 2.05) is 0 Å². The molecule has 0 aliphatic heterocycles. The lowest BCUT2D eigenvalue weighted by Gasteiger charge is -2.11. The molecular weight excluding hydrogens is 470 g/mol. The fourth-order valence-electron chi connectivity index (χ4n) is 2.22. The van der Waals surface area contributed by atoms with Gasteiger partial charge in [0.15, 0.2) is 0 Å². The van der Waals surface area contributed by atoms with Gasteiger partial charge in [-0.3, -0.25) is 0 Å². The van der Waals surface area contributed by atoms with Gasteiger partial charge in [-0.15, -0.1) is 0 Å². The van der Waals surface area contributed by atoms with Gasteiger partial charge in [0.25, 0.3) is 0 Å². The van der Waals surface area contributed by atoms with Gasteiger partial charge in [-0.1, -0.05) is 60.7 Å². The Balaban J connectivity index is 2.13. The maximum Gasteiger partial charge on any atom is 0.0215 e. The Morgan fingerprint density at radius 1 is 0.500 bits per heavy atom. The van der Waals surface area contributed by atoms with Gasteiger partial charge < -0.3 is 0 Å². The lowest BCUT2D eigenvalue weighted by molar-refractivity contribution is 1.53. The summed E-state index contributed by atoms with van der Waals surface area (Å²) >= 11 is 4.86. The minimum atomic E-state index is 1.27. The Hall–Kier alpha value is -0.880. The molecule has 3 aromatic carbocycles. The van der Waals surface area contributed by atoms with Gasteiger partial charge in [-0.2, -0.15) is 0 Å². The van der Waals surface area contributed by atoms with Crippen molar-refractivity contribution in [3.05, 3.63) is 79.9 Å². The van der Waals surface area contributed by atoms with E-state index in [9.17, 15) is 0 Å². The third kappa shape index (κ3) is 2.91. The van der Waals surface area contributed by atoms with Crippen molar-refractivity contribution in [3.8, 4) is 22.3 Å². The van der Waals surface area contributed by atoms with Crippen molar-refractivity contribution in [3.63, 3.8) is 0 Å². The molecule has 3 rings (SSSR count). The number of rotatable bonds is 2. The molecular formula is C18H12I2. The maximum atomic E-state index is 2.43. The van der Waals surface area contributed by atoms with Gasteiger partial charge in [-0.05, 0) is 79.6 Å². The van der Waals surface area contributed by atoms with Gasteiger partial charge in [0.1, 0.15) is 0 Å². The highest BCUT2D eigenvalue weighted by molar-refractivity contribution is 14.1. The zero-order valence-electron chi connectivity index (χ0n) is 10.7. The van der Waals surface area contributed by atoms with E-state index in [2.05, 4.69) is 118 Å². The Bertz CT molecular complexity index is 654. The van der Waals surface area contributed by atoms with Crippen LogP contribution in [0.2, 0.25) is 0 Å². The van der Waals surface area contributed by atoms with E-state index in [4.69, 9.17) is 0 Å². The summed E-state index contributed by atoms with van der Waals surface area (Å²) in [6.45, 7) is 0. The minimum Gasteiger partial charge on any atom is -0.0622 e. The van der Waals surface area contributed by atoms with Crippen molar-refractivity contribution >= 4 is 45.2 Å². The highest BCUT2D eigenvalue weighted by Gasteiger charge is 2.09. The molecule has 0 aliphatic rings. The first-order chi connectivity index (χ1) is 9.75. The SMILES string of the molecule is Ic1cc(-c2ccccc2)c(I)cc1-c1ccccc1. The topological polar surface area (TPSA) is 0 Å². The lowest BCUT2D eigenvalue weighted by Crippen LogP contribution is -1.89. The molecule has 0 N–H and O–H groups in total. The summed E-state index contributed by atoms with van der Waals surface area (Å²) in [6.07, 6.45) is 0. The van der Waals surface area contributed by atoms with Gasteiger partial charge in [0.2, 0.25) is 0 Å². The highest BCUT2D eigenvalue weighted by Crippen LogP contribution is 2.33. The standard InChI is InChI=1S/C18H12I2/c19-17-12-16(14-9-5-2-6-10-14)18(20)11-15(17)13-7-3-1-4-8-13/h1-12H. The van der Waals surface area contributed by atoms with Crippen LogP contribution in [-0.4, -0.2) is 0 Å². The fraction of sp³-hybridized carbons (Fsp3) is 0. The van der Waals surface area contributed by atoms with Crippen LogP contribution in [0, 0.1) is 7.14 Å². The van der Waals surface area contributed by atoms with E-state index in [0.717, 1.165) is 0 Å². The Morgan fingerprint density at radius 3 is 1.20 bits per heavy atom. The summed E-state index contributed by atoms with van der Waals surface area (Å²) in [4.78, 5) is 0. The number of benzene rings is 3. The first-order valence-electron chi connectivity index (χ1n) is 6.35. The second-order valence-corrected chi connectivity index (χ2v) is 6.87. The van der Waals surface area contributed by atoms with Crippen LogP contribution in [0.5, 0.6) is 0 Å². The Kier molecular flexibility index (Phi) is 4.41. The fourth-order valence-corrected chi connectivity index (χ4v) is 3.78. The van der Waals surface area contributed by atoms with Crippen LogP contribution < -0.4 is 0 Å². The van der Waals surface area contributed by atoms with E-state index < -0.39 is 0 Å². The number of halogens is 2. The molecule has 2 heteroatoms. The molecule has 0 heterocycles. The summed E-state index contributed by atoms with van der Waals surface area (Å²) in [5.41, 5.74) is 5.15. The normalized spacial score (nSPS) is 10.5. The van der Waals surface area contributed by atoms with Crippen molar-refractivity contribution in [1.82, 2.24) is 0 Å². The third-order valence-corrected chi connectivity index (χ3v) is 5.01. The molecule has 98 valence electrons. The predicted molar refractivity (Wildman–Crippen MR) is 103 cm³/mol. The zero-order chi connectivity index (χ0) is 13.9. The van der Waals surface area contributed by atoms with Crippen molar-refractivity contribution in [2.24, 2.45) is 0 Å². The Morgan fingerprint density at radius 2 is 0.850 bits per heavy atom. The summed E-state index contributed by atoms with van der Waals surface area (Å²) in [5.74, 6) is 0. The summed E-state index contributed by atoms with van der Waals surface area (Å²) in [5, 5.41) is 0. The molecule has 0 bridgehead atoms. The third-order valence-electron chi connectivity index (χ3n) is 3.23. The van der Waals surface area contributed by atoms with Crippen LogP contribution in [0.15, 0.2) is 72.8 Å². The molecule has 0 amide bonds. The first-order valence-corrected chi connectivity index (χ1v) is 8.51. The summed E-state index contributed by atoms with van der Waals surface area (Å²) < 4.78 is 2.57. The van der Waals surface area contributed by atoms with Crippen molar-refractivity contribution in [2.75, 3.05) is 0 Å². The summed E-state index contributed by atoms with van der Waals surface area (Å²) in [6, 6.07) is 25.7. The van der Waals surface area contributed by atoms with Crippen LogP contribution in [0.1, 0.15) is 0 Å². The molecule has 0 unspecified atom stereocenters. The van der Waals surface area contributed by atoms with E-state index in [-0.39, 0.29) is 0 Å². The largest absolute Gasteiger partial charge is 0.0622 e. The van der Waals surface area contributed by atoms with E-state index in [1.165, 1.54) is 29.4 Å². The molecule has 0 radical (unpaired) electrons. The molecule has 0 aromatic heterocycles. The van der Waals surface area contributed by atoms with Crippen LogP contribution in [0.4, 0.5) is 0 Å². The first kappa shape index (κ1) is 14.1. The number of hydrogen-bond donors (Lipinski definition) is 0. The second kappa shape index (κ2) is 6.26. The monoisotopic (exact) mass is 482 g/mol. The number of hydrogen-bond acceptors (Lipinski definition) is 0. The van der Waals surface area contributed by atoms with E-state index in [1.54, 1.807) is 0 Å². The molecule has 0 fully saturated rings. The maximum absolute atomic E-state index is 2.43. The van der Waals surface area contributed by atoms with E-state index >= 15 is 0 Å². The molecule has 0 saturated carbocycles. The van der Waals surface area contributed by atoms with Gasteiger partial charge in [-0.25, -0.2) is 0 Å². The molecule has 20 heavy (non-hydrogen) atoms. The van der Waals surface area contributed by atoms with Crippen LogP contribution in [-0.2, 0) is 0 Å². The zero-order valence-corrected chi connectivity index (χ0v) is 15.0. The molecule has 0 saturated heterocycles. The molecule has 0 spiro atoms. The molecule has 0 aliphatic carbocycles. The summed E-state index contributed by atoms with van der Waals surface area (Å²) in [7, 11) is 0. The average molecular weight is 482 g/mol. The minimum absolute atomic E-state index is 1.27. The van der Waals surface area contributed by atoms with Crippen molar-refractivity contribution < 1.29 is 0 Å². The highest BCUT2D eigenvalue weighted by atomic mass is 127. The van der Waals surface area contributed by atoms with E-state index in [0.29, 0.717) is 0 Å². The van der Waals surface area contributed by atoms with Gasteiger partial charge in [0, 0.05) is 7.14 Å². The molecule has 0 nitrogen and oxygen atoms in total. The predicted octanol–water partition coefficient (Wildman–Crippen LogP) is 6.23.